The Bertz CT molecular complexity index is 1050. The van der Waals surface area contributed by atoms with E-state index in [1.165, 1.54) is 12.5 Å². The normalized spacial score (nSPS) is 13.9. The van der Waals surface area contributed by atoms with E-state index in [0.29, 0.717) is 43.4 Å². The third kappa shape index (κ3) is 4.14. The van der Waals surface area contributed by atoms with Gasteiger partial charge < -0.3 is 19.5 Å². The van der Waals surface area contributed by atoms with Crippen LogP contribution in [0.25, 0.3) is 0 Å². The molecule has 0 unspecified atom stereocenters. The molecule has 0 atom stereocenters. The molecule has 1 aromatic carbocycles. The van der Waals surface area contributed by atoms with E-state index in [1.54, 1.807) is 29.2 Å². The van der Waals surface area contributed by atoms with Crippen LogP contribution in [0.15, 0.2) is 59.3 Å². The van der Waals surface area contributed by atoms with Gasteiger partial charge in [-0.2, -0.15) is 0 Å². The van der Waals surface area contributed by atoms with Crippen LogP contribution < -0.4 is 10.2 Å². The van der Waals surface area contributed by atoms with Gasteiger partial charge in [0.05, 0.1) is 23.7 Å². The number of rotatable bonds is 4. The summed E-state index contributed by atoms with van der Waals surface area (Å²) in [5.74, 6) is -1.39. The number of furan rings is 1. The summed E-state index contributed by atoms with van der Waals surface area (Å²) in [6.07, 6.45) is 2.92. The summed E-state index contributed by atoms with van der Waals surface area (Å²) in [5.41, 5.74) is -0.0181. The van der Waals surface area contributed by atoms with E-state index in [0.717, 1.165) is 18.2 Å². The van der Waals surface area contributed by atoms with E-state index in [4.69, 9.17) is 4.42 Å². The van der Waals surface area contributed by atoms with Crippen LogP contribution >= 0.6 is 0 Å². The molecule has 0 radical (unpaired) electrons. The Morgan fingerprint density at radius 2 is 1.83 bits per heavy atom. The number of halogens is 2. The van der Waals surface area contributed by atoms with E-state index in [-0.39, 0.29) is 11.5 Å². The minimum atomic E-state index is -0.805. The number of benzene rings is 1. The topological polar surface area (TPSA) is 78.7 Å². The van der Waals surface area contributed by atoms with Crippen LogP contribution in [-0.4, -0.2) is 47.9 Å². The third-order valence-electron chi connectivity index (χ3n) is 4.80. The molecular formula is C21H18F2N4O3. The lowest BCUT2D eigenvalue weighted by atomic mass is 10.2. The average Bonchev–Trinajstić information content (AvgIpc) is 3.30. The summed E-state index contributed by atoms with van der Waals surface area (Å²) < 4.78 is 32.1. The fourth-order valence-corrected chi connectivity index (χ4v) is 3.21. The second-order valence-electron chi connectivity index (χ2n) is 6.74. The van der Waals surface area contributed by atoms with Crippen LogP contribution in [0.4, 0.5) is 20.3 Å². The molecular weight excluding hydrogens is 394 g/mol. The number of carbonyl (C=O) groups is 2. The van der Waals surface area contributed by atoms with Crippen molar-refractivity contribution in [1.29, 1.82) is 0 Å². The minimum Gasteiger partial charge on any atom is -0.459 e. The summed E-state index contributed by atoms with van der Waals surface area (Å²) in [6.45, 7) is 2.25. The molecule has 3 aromatic rings. The Morgan fingerprint density at radius 1 is 1.03 bits per heavy atom. The Kier molecular flexibility index (Phi) is 5.42. The van der Waals surface area contributed by atoms with Crippen molar-refractivity contribution in [2.24, 2.45) is 0 Å². The van der Waals surface area contributed by atoms with E-state index < -0.39 is 17.5 Å². The highest BCUT2D eigenvalue weighted by molar-refractivity contribution is 6.04. The molecule has 9 heteroatoms. The third-order valence-corrected chi connectivity index (χ3v) is 4.80. The van der Waals surface area contributed by atoms with Crippen LogP contribution in [0.1, 0.15) is 20.9 Å². The van der Waals surface area contributed by atoms with Gasteiger partial charge in [-0.15, -0.1) is 0 Å². The van der Waals surface area contributed by atoms with Crippen molar-refractivity contribution in [3.8, 4) is 0 Å². The SMILES string of the molecule is O=C(Nc1ccc(N2CCN(C(=O)c3ccco3)CC2)nc1)c1cc(F)ccc1F. The van der Waals surface area contributed by atoms with Crippen LogP contribution in [-0.2, 0) is 0 Å². The Hall–Kier alpha value is -3.75. The maximum Gasteiger partial charge on any atom is 0.289 e. The molecule has 3 heterocycles. The van der Waals surface area contributed by atoms with Gasteiger partial charge in [0.2, 0.25) is 0 Å². The highest BCUT2D eigenvalue weighted by Crippen LogP contribution is 2.19. The van der Waals surface area contributed by atoms with E-state index in [9.17, 15) is 18.4 Å². The first-order valence-corrected chi connectivity index (χ1v) is 9.31. The largest absolute Gasteiger partial charge is 0.459 e. The Morgan fingerprint density at radius 3 is 2.50 bits per heavy atom. The molecule has 7 nitrogen and oxygen atoms in total. The maximum atomic E-state index is 13.7. The maximum absolute atomic E-state index is 13.7. The molecule has 1 N–H and O–H groups in total. The zero-order chi connectivity index (χ0) is 21.1. The van der Waals surface area contributed by atoms with Crippen LogP contribution in [0.3, 0.4) is 0 Å². The molecule has 30 heavy (non-hydrogen) atoms. The molecule has 0 aliphatic carbocycles. The van der Waals surface area contributed by atoms with Crippen molar-refractivity contribution >= 4 is 23.3 Å². The van der Waals surface area contributed by atoms with Crippen molar-refractivity contribution in [2.45, 2.75) is 0 Å². The summed E-state index contributed by atoms with van der Waals surface area (Å²) in [7, 11) is 0. The predicted molar refractivity (Wildman–Crippen MR) is 105 cm³/mol. The predicted octanol–water partition coefficient (Wildman–Crippen LogP) is 3.17. The summed E-state index contributed by atoms with van der Waals surface area (Å²) >= 11 is 0. The van der Waals surface area contributed by atoms with Gasteiger partial charge in [0, 0.05) is 26.2 Å². The van der Waals surface area contributed by atoms with Gasteiger partial charge in [0.15, 0.2) is 5.76 Å². The first-order valence-electron chi connectivity index (χ1n) is 9.31. The van der Waals surface area contributed by atoms with Gasteiger partial charge in [-0.25, -0.2) is 13.8 Å². The van der Waals surface area contributed by atoms with Gasteiger partial charge >= 0.3 is 0 Å². The summed E-state index contributed by atoms with van der Waals surface area (Å²) in [5, 5.41) is 2.50. The molecule has 1 aliphatic heterocycles. The second-order valence-corrected chi connectivity index (χ2v) is 6.74. The molecule has 4 rings (SSSR count). The molecule has 0 saturated carbocycles. The lowest BCUT2D eigenvalue weighted by Crippen LogP contribution is -2.49. The van der Waals surface area contributed by atoms with Crippen molar-refractivity contribution in [1.82, 2.24) is 9.88 Å². The first kappa shape index (κ1) is 19.6. The highest BCUT2D eigenvalue weighted by atomic mass is 19.1. The molecule has 1 saturated heterocycles. The van der Waals surface area contributed by atoms with Crippen molar-refractivity contribution in [3.63, 3.8) is 0 Å². The number of pyridine rings is 1. The molecule has 2 amide bonds. The first-order chi connectivity index (χ1) is 14.5. The van der Waals surface area contributed by atoms with Crippen LogP contribution in [0, 0.1) is 11.6 Å². The zero-order valence-corrected chi connectivity index (χ0v) is 15.8. The lowest BCUT2D eigenvalue weighted by Gasteiger charge is -2.35. The van der Waals surface area contributed by atoms with Crippen molar-refractivity contribution in [3.05, 3.63) is 77.9 Å². The number of amides is 2. The Balaban J connectivity index is 1.35. The number of hydrogen-bond acceptors (Lipinski definition) is 5. The second kappa shape index (κ2) is 8.32. The minimum absolute atomic E-state index is 0.143. The lowest BCUT2D eigenvalue weighted by molar-refractivity contribution is 0.0714. The summed E-state index contributed by atoms with van der Waals surface area (Å²) in [6, 6.07) is 9.37. The van der Waals surface area contributed by atoms with Crippen molar-refractivity contribution < 1.29 is 22.8 Å². The smallest absolute Gasteiger partial charge is 0.289 e. The standard InChI is InChI=1S/C21H18F2N4O3/c22-14-3-5-17(23)16(12-14)20(28)25-15-4-6-19(24-13-15)26-7-9-27(10-8-26)21(29)18-2-1-11-30-18/h1-6,11-13H,7-10H2,(H,25,28). The quantitative estimate of drug-likeness (QED) is 0.712. The molecule has 154 valence electrons. The van der Waals surface area contributed by atoms with Crippen LogP contribution in [0.5, 0.6) is 0 Å². The van der Waals surface area contributed by atoms with Gasteiger partial charge in [-0.3, -0.25) is 9.59 Å². The van der Waals surface area contributed by atoms with Crippen molar-refractivity contribution in [2.75, 3.05) is 36.4 Å². The number of aromatic nitrogens is 1. The molecule has 2 aromatic heterocycles. The zero-order valence-electron chi connectivity index (χ0n) is 15.8. The number of piperazine rings is 1. The fourth-order valence-electron chi connectivity index (χ4n) is 3.21. The number of hydrogen-bond donors (Lipinski definition) is 1. The van der Waals surface area contributed by atoms with Gasteiger partial charge in [-0.1, -0.05) is 0 Å². The van der Waals surface area contributed by atoms with Crippen LogP contribution in [0.2, 0.25) is 0 Å². The van der Waals surface area contributed by atoms with E-state index in [2.05, 4.69) is 10.3 Å². The van der Waals surface area contributed by atoms with E-state index in [1.807, 2.05) is 4.90 Å². The Labute approximate surface area is 170 Å². The number of nitrogens with zero attached hydrogens (tertiary/aromatic N) is 3. The molecule has 1 fully saturated rings. The molecule has 0 spiro atoms. The molecule has 1 aliphatic rings. The number of carbonyl (C=O) groups excluding carboxylic acids is 2. The van der Waals surface area contributed by atoms with Gasteiger partial charge in [0.1, 0.15) is 17.5 Å². The van der Waals surface area contributed by atoms with E-state index >= 15 is 0 Å². The highest BCUT2D eigenvalue weighted by Gasteiger charge is 2.24. The fraction of sp³-hybridized carbons (Fsp3) is 0.190. The molecule has 0 bridgehead atoms. The average molecular weight is 412 g/mol. The number of anilines is 2. The summed E-state index contributed by atoms with van der Waals surface area (Å²) in [4.78, 5) is 32.6. The van der Waals surface area contributed by atoms with Gasteiger partial charge in [-0.05, 0) is 42.5 Å². The van der Waals surface area contributed by atoms with Gasteiger partial charge in [0.25, 0.3) is 11.8 Å². The monoisotopic (exact) mass is 412 g/mol. The number of nitrogens with one attached hydrogen (secondary N) is 1.